The zero-order valence-corrected chi connectivity index (χ0v) is 22.7. The largest absolute Gasteiger partial charge is 0.486 e. The number of fused-ring (bicyclic) bond motifs is 2. The van der Waals surface area contributed by atoms with Gasteiger partial charge in [-0.3, -0.25) is 9.59 Å². The number of carbonyl (C=O) groups is 3. The molecule has 2 aromatic carbocycles. The van der Waals surface area contributed by atoms with Gasteiger partial charge >= 0.3 is 11.9 Å². The zero-order chi connectivity index (χ0) is 27.5. The summed E-state index contributed by atoms with van der Waals surface area (Å²) in [5.74, 6) is -0.715. The molecular formula is C28H32ClN2O7+. The number of carboxylic acid groups (broad SMARTS) is 1. The SMILES string of the molecule is CC(=O)C1(C(=O)O)CN([N@+]2(CC(C)(C)C)C(=O)CO[C@H](c3cccc4c3OCCO4)c3cc(Cl)ccc32)C1. The van der Waals surface area contributed by atoms with E-state index < -0.39 is 23.3 Å². The van der Waals surface area contributed by atoms with Crippen molar-refractivity contribution in [1.29, 1.82) is 0 Å². The van der Waals surface area contributed by atoms with E-state index in [0.29, 0.717) is 53.1 Å². The lowest BCUT2D eigenvalue weighted by Gasteiger charge is -2.54. The number of ether oxygens (including phenoxy) is 3. The maximum Gasteiger partial charge on any atom is 0.363 e. The van der Waals surface area contributed by atoms with Crippen molar-refractivity contribution in [3.8, 4) is 11.5 Å². The van der Waals surface area contributed by atoms with Crippen molar-refractivity contribution in [2.24, 2.45) is 10.8 Å². The molecule has 0 radical (unpaired) electrons. The lowest BCUT2D eigenvalue weighted by Crippen LogP contribution is -2.79. The summed E-state index contributed by atoms with van der Waals surface area (Å²) in [5, 5.41) is 12.2. The van der Waals surface area contributed by atoms with Crippen LogP contribution in [0.1, 0.15) is 44.9 Å². The Hall–Kier alpha value is -2.98. The van der Waals surface area contributed by atoms with Gasteiger partial charge in [0.2, 0.25) is 0 Å². The summed E-state index contributed by atoms with van der Waals surface area (Å²) < 4.78 is 17.8. The third-order valence-corrected chi connectivity index (χ3v) is 7.75. The van der Waals surface area contributed by atoms with E-state index >= 15 is 0 Å². The van der Waals surface area contributed by atoms with Gasteiger partial charge in [0.05, 0.1) is 18.7 Å². The van der Waals surface area contributed by atoms with Gasteiger partial charge in [-0.15, -0.1) is 9.60 Å². The number of para-hydroxylation sites is 1. The number of aliphatic carboxylic acids is 1. The van der Waals surface area contributed by atoms with Gasteiger partial charge in [0, 0.05) is 22.1 Å². The molecular weight excluding hydrogens is 512 g/mol. The fourth-order valence-electron chi connectivity index (χ4n) is 5.71. The monoisotopic (exact) mass is 543 g/mol. The highest BCUT2D eigenvalue weighted by atomic mass is 35.5. The second-order valence-corrected chi connectivity index (χ2v) is 11.9. The highest BCUT2D eigenvalue weighted by molar-refractivity contribution is 6.30. The van der Waals surface area contributed by atoms with Crippen molar-refractivity contribution in [2.75, 3.05) is 39.5 Å². The number of amides is 1. The molecule has 0 aromatic heterocycles. The molecule has 1 fully saturated rings. The van der Waals surface area contributed by atoms with Gasteiger partial charge in [0.25, 0.3) is 0 Å². The molecule has 3 aliphatic rings. The van der Waals surface area contributed by atoms with Crippen LogP contribution >= 0.6 is 11.6 Å². The van der Waals surface area contributed by atoms with Crippen molar-refractivity contribution < 1.29 is 33.7 Å². The Kier molecular flexibility index (Phi) is 6.54. The number of hydrogen-bond donors (Lipinski definition) is 1. The number of hydrogen-bond acceptors (Lipinski definition) is 7. The molecule has 202 valence electrons. The van der Waals surface area contributed by atoms with Crippen LogP contribution in [0.2, 0.25) is 5.02 Å². The first kappa shape index (κ1) is 26.6. The molecule has 0 bridgehead atoms. The third-order valence-electron chi connectivity index (χ3n) is 7.51. The minimum Gasteiger partial charge on any atom is -0.486 e. The van der Waals surface area contributed by atoms with Crippen LogP contribution in [0.3, 0.4) is 0 Å². The molecule has 1 N–H and O–H groups in total. The maximum absolute atomic E-state index is 14.2. The summed E-state index contributed by atoms with van der Waals surface area (Å²) in [4.78, 5) is 38.8. The van der Waals surface area contributed by atoms with Crippen LogP contribution in [-0.4, -0.2) is 67.2 Å². The van der Waals surface area contributed by atoms with Crippen molar-refractivity contribution >= 4 is 34.9 Å². The number of ketones is 1. The second-order valence-electron chi connectivity index (χ2n) is 11.4. The van der Waals surface area contributed by atoms with Crippen molar-refractivity contribution in [1.82, 2.24) is 9.60 Å². The van der Waals surface area contributed by atoms with Gasteiger partial charge < -0.3 is 19.3 Å². The molecule has 3 aliphatic heterocycles. The van der Waals surface area contributed by atoms with Gasteiger partial charge in [-0.05, 0) is 25.1 Å². The molecule has 1 amide bonds. The third kappa shape index (κ3) is 4.18. The minimum absolute atomic E-state index is 0.0933. The van der Waals surface area contributed by atoms with E-state index in [1.165, 1.54) is 6.92 Å². The van der Waals surface area contributed by atoms with Crippen molar-refractivity contribution in [3.05, 3.63) is 52.5 Å². The zero-order valence-electron chi connectivity index (χ0n) is 22.0. The molecule has 0 aliphatic carbocycles. The first-order chi connectivity index (χ1) is 17.9. The Morgan fingerprint density at radius 1 is 1.13 bits per heavy atom. The van der Waals surface area contributed by atoms with E-state index in [4.69, 9.17) is 25.8 Å². The average Bonchev–Trinajstić information content (AvgIpc) is 2.91. The molecule has 9 nitrogen and oxygen atoms in total. The minimum atomic E-state index is -1.56. The van der Waals surface area contributed by atoms with Crippen molar-refractivity contribution in [2.45, 2.75) is 33.8 Å². The standard InChI is InChI=1S/C28H31ClN2O7/c1-17(32)28(26(34)35)14-30(15-28)31(16-27(2,3)4)21-9-8-18(29)12-20(21)24(38-13-23(31)33)19-6-5-7-22-25(19)37-11-10-36-22/h5-9,12,24H,10-11,13-16H2,1-4H3/p+1/t24-,31+/m1/s1. The van der Waals surface area contributed by atoms with Crippen LogP contribution in [0.5, 0.6) is 11.5 Å². The van der Waals surface area contributed by atoms with Gasteiger partial charge in [-0.2, -0.15) is 0 Å². The first-order valence-electron chi connectivity index (χ1n) is 12.6. The Morgan fingerprint density at radius 2 is 1.84 bits per heavy atom. The molecule has 0 spiro atoms. The Balaban J connectivity index is 1.70. The predicted molar refractivity (Wildman–Crippen MR) is 140 cm³/mol. The van der Waals surface area contributed by atoms with E-state index in [1.54, 1.807) is 17.1 Å². The fourth-order valence-corrected chi connectivity index (χ4v) is 5.90. The highest BCUT2D eigenvalue weighted by Crippen LogP contribution is 2.50. The lowest BCUT2D eigenvalue weighted by atomic mass is 9.77. The Bertz CT molecular complexity index is 1300. The number of carbonyl (C=O) groups excluding carboxylic acids is 2. The van der Waals surface area contributed by atoms with Crippen LogP contribution in [0.25, 0.3) is 0 Å². The number of rotatable bonds is 5. The van der Waals surface area contributed by atoms with Crippen LogP contribution in [-0.2, 0) is 19.1 Å². The van der Waals surface area contributed by atoms with E-state index in [2.05, 4.69) is 0 Å². The van der Waals surface area contributed by atoms with Crippen LogP contribution < -0.4 is 14.1 Å². The molecule has 0 saturated carbocycles. The number of halogens is 1. The summed E-state index contributed by atoms with van der Waals surface area (Å²) >= 11 is 6.51. The molecule has 10 heteroatoms. The lowest BCUT2D eigenvalue weighted by molar-refractivity contribution is -0.196. The van der Waals surface area contributed by atoms with Gasteiger partial charge in [0.1, 0.15) is 31.6 Å². The van der Waals surface area contributed by atoms with Crippen LogP contribution in [0.4, 0.5) is 5.69 Å². The number of nitrogens with zero attached hydrogens (tertiary/aromatic N) is 2. The van der Waals surface area contributed by atoms with Gasteiger partial charge in [-0.1, -0.05) is 44.5 Å². The Labute approximate surface area is 226 Å². The molecule has 1 saturated heterocycles. The topological polar surface area (TPSA) is 102 Å². The summed E-state index contributed by atoms with van der Waals surface area (Å²) in [7, 11) is 0. The van der Waals surface area contributed by atoms with E-state index in [0.717, 1.165) is 0 Å². The Morgan fingerprint density at radius 3 is 2.50 bits per heavy atom. The molecule has 0 unspecified atom stereocenters. The van der Waals surface area contributed by atoms with E-state index in [9.17, 15) is 19.5 Å². The molecule has 3 heterocycles. The quantitative estimate of drug-likeness (QED) is 0.446. The van der Waals surface area contributed by atoms with Crippen molar-refractivity contribution in [3.63, 3.8) is 0 Å². The summed E-state index contributed by atoms with van der Waals surface area (Å²) in [6.45, 7) is 8.08. The number of quaternary nitrogens is 1. The second kappa shape index (κ2) is 9.34. The summed E-state index contributed by atoms with van der Waals surface area (Å²) in [6.07, 6.45) is -0.692. The highest BCUT2D eigenvalue weighted by Gasteiger charge is 2.64. The van der Waals surface area contributed by atoms with Crippen LogP contribution in [0, 0.1) is 10.8 Å². The van der Waals surface area contributed by atoms with E-state index in [-0.39, 0.29) is 35.6 Å². The normalized spacial score (nSPS) is 24.7. The number of Topliss-reactive ketones (excluding diaryl/α,β-unsaturated/α-hetero) is 1. The predicted octanol–water partition coefficient (Wildman–Crippen LogP) is 4.00. The number of carboxylic acids is 1. The first-order valence-corrected chi connectivity index (χ1v) is 13.0. The van der Waals surface area contributed by atoms with Crippen LogP contribution in [0.15, 0.2) is 36.4 Å². The van der Waals surface area contributed by atoms with Gasteiger partial charge in [-0.25, -0.2) is 4.79 Å². The van der Waals surface area contributed by atoms with Gasteiger partial charge in [0.15, 0.2) is 29.2 Å². The molecule has 5 rings (SSSR count). The molecule has 38 heavy (non-hydrogen) atoms. The summed E-state index contributed by atoms with van der Waals surface area (Å²) in [5.41, 5.74) is 0.0974. The number of benzene rings is 2. The molecule has 2 atom stereocenters. The average molecular weight is 544 g/mol. The smallest absolute Gasteiger partial charge is 0.363 e. The molecule has 2 aromatic rings. The fraction of sp³-hybridized carbons (Fsp3) is 0.464. The maximum atomic E-state index is 14.2. The summed E-state index contributed by atoms with van der Waals surface area (Å²) in [6, 6.07) is 10.9. The van der Waals surface area contributed by atoms with E-state index in [1.807, 2.05) is 45.0 Å².